The maximum absolute atomic E-state index is 12.5. The Morgan fingerprint density at radius 1 is 1.25 bits per heavy atom. The number of aryl methyl sites for hydroxylation is 1. The second-order valence-corrected chi connectivity index (χ2v) is 5.25. The van der Waals surface area contributed by atoms with E-state index in [1.54, 1.807) is 30.5 Å². The second kappa shape index (κ2) is 6.99. The van der Waals surface area contributed by atoms with Gasteiger partial charge in [-0.15, -0.1) is 0 Å². The molecule has 0 saturated carbocycles. The number of carbonyl (C=O) groups excluding carboxylic acids is 1. The molecule has 7 nitrogen and oxygen atoms in total. The van der Waals surface area contributed by atoms with Crippen molar-refractivity contribution in [2.75, 3.05) is 5.43 Å². The number of carbonyl (C=O) groups is 1. The van der Waals surface area contributed by atoms with Gasteiger partial charge < -0.3 is 4.42 Å². The van der Waals surface area contributed by atoms with Gasteiger partial charge in [0.15, 0.2) is 0 Å². The van der Waals surface area contributed by atoms with E-state index in [9.17, 15) is 9.59 Å². The Balaban J connectivity index is 1.72. The molecule has 0 atom stereocenters. The Kier molecular flexibility index (Phi) is 4.60. The van der Waals surface area contributed by atoms with Gasteiger partial charge in [-0.2, -0.15) is 0 Å². The molecule has 2 heterocycles. The molecule has 24 heavy (non-hydrogen) atoms. The van der Waals surface area contributed by atoms with E-state index in [1.807, 2.05) is 19.1 Å². The summed E-state index contributed by atoms with van der Waals surface area (Å²) in [6, 6.07) is 10.7. The van der Waals surface area contributed by atoms with Gasteiger partial charge in [-0.25, -0.2) is 4.98 Å². The van der Waals surface area contributed by atoms with E-state index in [2.05, 4.69) is 15.8 Å². The molecule has 1 aromatic carbocycles. The van der Waals surface area contributed by atoms with Gasteiger partial charge in [-0.3, -0.25) is 25.0 Å². The molecule has 3 rings (SSSR count). The van der Waals surface area contributed by atoms with Gasteiger partial charge in [0.25, 0.3) is 5.56 Å². The van der Waals surface area contributed by atoms with Crippen LogP contribution in [0.1, 0.15) is 19.1 Å². The van der Waals surface area contributed by atoms with Crippen LogP contribution in [-0.4, -0.2) is 15.5 Å². The zero-order chi connectivity index (χ0) is 16.9. The number of hydrogen-bond donors (Lipinski definition) is 2. The number of fused-ring (bicyclic) bond motifs is 1. The predicted octanol–water partition coefficient (Wildman–Crippen LogP) is 2.09. The van der Waals surface area contributed by atoms with Crippen LogP contribution in [0.25, 0.3) is 10.9 Å². The van der Waals surface area contributed by atoms with Gasteiger partial charge in [-0.1, -0.05) is 12.1 Å². The average Bonchev–Trinajstić information content (AvgIpc) is 3.12. The van der Waals surface area contributed by atoms with Crippen LogP contribution in [-0.2, 0) is 17.8 Å². The van der Waals surface area contributed by atoms with Crippen molar-refractivity contribution in [3.8, 4) is 0 Å². The highest BCUT2D eigenvalue weighted by Gasteiger charge is 2.10. The molecule has 0 aliphatic carbocycles. The molecule has 1 amide bonds. The van der Waals surface area contributed by atoms with E-state index in [0.29, 0.717) is 29.8 Å². The van der Waals surface area contributed by atoms with Gasteiger partial charge in [0.05, 0.1) is 17.2 Å². The van der Waals surface area contributed by atoms with E-state index in [-0.39, 0.29) is 17.9 Å². The minimum atomic E-state index is -0.212. The van der Waals surface area contributed by atoms with Crippen molar-refractivity contribution in [2.45, 2.75) is 26.3 Å². The van der Waals surface area contributed by atoms with Crippen molar-refractivity contribution in [3.63, 3.8) is 0 Å². The van der Waals surface area contributed by atoms with Crippen molar-refractivity contribution in [1.82, 2.24) is 15.0 Å². The molecule has 124 valence electrons. The molecule has 0 unspecified atom stereocenters. The van der Waals surface area contributed by atoms with Gasteiger partial charge in [0.1, 0.15) is 5.76 Å². The number of nitrogens with one attached hydrogen (secondary N) is 2. The van der Waals surface area contributed by atoms with Crippen molar-refractivity contribution < 1.29 is 9.21 Å². The van der Waals surface area contributed by atoms with Crippen molar-refractivity contribution >= 4 is 22.8 Å². The molecule has 7 heteroatoms. The number of aromatic nitrogens is 2. The van der Waals surface area contributed by atoms with E-state index >= 15 is 0 Å². The van der Waals surface area contributed by atoms with E-state index in [1.165, 1.54) is 4.57 Å². The number of hydrazine groups is 1. The van der Waals surface area contributed by atoms with Gasteiger partial charge in [0.2, 0.25) is 11.9 Å². The highest BCUT2D eigenvalue weighted by Crippen LogP contribution is 2.10. The number of anilines is 1. The summed E-state index contributed by atoms with van der Waals surface area (Å²) >= 11 is 0. The van der Waals surface area contributed by atoms with E-state index in [0.717, 1.165) is 5.76 Å². The SMILES string of the molecule is CCn1c(NNC(=O)CCc2ccco2)nc2ccccc2c1=O. The minimum absolute atomic E-state index is 0.143. The highest BCUT2D eigenvalue weighted by molar-refractivity contribution is 5.80. The van der Waals surface area contributed by atoms with Crippen LogP contribution in [0.2, 0.25) is 0 Å². The molecular weight excluding hydrogens is 308 g/mol. The van der Waals surface area contributed by atoms with Crippen molar-refractivity contribution in [3.05, 3.63) is 58.8 Å². The molecule has 0 bridgehead atoms. The number of nitrogens with zero attached hydrogens (tertiary/aromatic N) is 2. The van der Waals surface area contributed by atoms with Crippen LogP contribution in [0.15, 0.2) is 51.9 Å². The van der Waals surface area contributed by atoms with Crippen molar-refractivity contribution in [1.29, 1.82) is 0 Å². The van der Waals surface area contributed by atoms with Crippen molar-refractivity contribution in [2.24, 2.45) is 0 Å². The maximum Gasteiger partial charge on any atom is 0.262 e. The van der Waals surface area contributed by atoms with E-state index < -0.39 is 0 Å². The summed E-state index contributed by atoms with van der Waals surface area (Å²) in [5, 5.41) is 0.550. The number of para-hydroxylation sites is 1. The molecule has 0 aliphatic heterocycles. The minimum Gasteiger partial charge on any atom is -0.469 e. The lowest BCUT2D eigenvalue weighted by Gasteiger charge is -2.13. The van der Waals surface area contributed by atoms with Crippen LogP contribution in [0.3, 0.4) is 0 Å². The zero-order valence-electron chi connectivity index (χ0n) is 13.3. The molecule has 0 fully saturated rings. The first-order chi connectivity index (χ1) is 11.7. The fraction of sp³-hybridized carbons (Fsp3) is 0.235. The molecule has 3 aromatic rings. The zero-order valence-corrected chi connectivity index (χ0v) is 13.3. The van der Waals surface area contributed by atoms with Gasteiger partial charge in [-0.05, 0) is 31.2 Å². The summed E-state index contributed by atoms with van der Waals surface area (Å²) in [4.78, 5) is 28.8. The van der Waals surface area contributed by atoms with E-state index in [4.69, 9.17) is 4.42 Å². The molecule has 2 aromatic heterocycles. The van der Waals surface area contributed by atoms with Gasteiger partial charge in [0, 0.05) is 19.4 Å². The molecule has 0 spiro atoms. The molecule has 0 saturated heterocycles. The number of furan rings is 1. The average molecular weight is 326 g/mol. The largest absolute Gasteiger partial charge is 0.469 e. The normalized spacial score (nSPS) is 10.7. The summed E-state index contributed by atoms with van der Waals surface area (Å²) in [6.45, 7) is 2.29. The van der Waals surface area contributed by atoms with Crippen LogP contribution in [0, 0.1) is 0 Å². The molecule has 2 N–H and O–H groups in total. The molecule has 0 radical (unpaired) electrons. The van der Waals surface area contributed by atoms with Crippen LogP contribution >= 0.6 is 0 Å². The third kappa shape index (κ3) is 3.29. The third-order valence-corrected chi connectivity index (χ3v) is 3.67. The number of benzene rings is 1. The van der Waals surface area contributed by atoms with Crippen LogP contribution in [0.5, 0.6) is 0 Å². The van der Waals surface area contributed by atoms with Gasteiger partial charge >= 0.3 is 0 Å². The van der Waals surface area contributed by atoms with Crippen LogP contribution < -0.4 is 16.4 Å². The molecule has 0 aliphatic rings. The number of hydrogen-bond acceptors (Lipinski definition) is 5. The fourth-order valence-corrected chi connectivity index (χ4v) is 2.44. The lowest BCUT2D eigenvalue weighted by Crippen LogP contribution is -2.34. The standard InChI is InChI=1S/C17H18N4O3/c1-2-21-16(23)13-7-3-4-8-14(13)18-17(21)20-19-15(22)10-9-12-6-5-11-24-12/h3-8,11H,2,9-10H2,1H3,(H,18,20)(H,19,22). The first kappa shape index (κ1) is 15.8. The quantitative estimate of drug-likeness (QED) is 0.677. The predicted molar refractivity (Wildman–Crippen MR) is 90.5 cm³/mol. The summed E-state index contributed by atoms with van der Waals surface area (Å²) in [7, 11) is 0. The Morgan fingerprint density at radius 3 is 2.83 bits per heavy atom. The summed E-state index contributed by atoms with van der Waals surface area (Å²) in [6.07, 6.45) is 2.35. The molecular formula is C17H18N4O3. The highest BCUT2D eigenvalue weighted by atomic mass is 16.3. The Morgan fingerprint density at radius 2 is 2.08 bits per heavy atom. The topological polar surface area (TPSA) is 89.2 Å². The summed E-state index contributed by atoms with van der Waals surface area (Å²) < 4.78 is 6.67. The summed E-state index contributed by atoms with van der Waals surface area (Å²) in [5.41, 5.74) is 5.76. The second-order valence-electron chi connectivity index (χ2n) is 5.25. The fourth-order valence-electron chi connectivity index (χ4n) is 2.44. The first-order valence-corrected chi connectivity index (χ1v) is 7.76. The third-order valence-electron chi connectivity index (χ3n) is 3.67. The lowest BCUT2D eigenvalue weighted by atomic mass is 10.2. The Bertz CT molecular complexity index is 900. The lowest BCUT2D eigenvalue weighted by molar-refractivity contribution is -0.120. The first-order valence-electron chi connectivity index (χ1n) is 7.76. The Labute approximate surface area is 138 Å². The maximum atomic E-state index is 12.5. The number of amides is 1. The summed E-state index contributed by atoms with van der Waals surface area (Å²) in [5.74, 6) is 0.850. The monoisotopic (exact) mass is 326 g/mol. The smallest absolute Gasteiger partial charge is 0.262 e. The number of rotatable bonds is 6. The Hall–Kier alpha value is -3.09. The van der Waals surface area contributed by atoms with Crippen LogP contribution in [0.4, 0.5) is 5.95 Å².